The number of hydrogen-bond donors (Lipinski definition) is 1. The van der Waals surface area contributed by atoms with Gasteiger partial charge in [-0.2, -0.15) is 0 Å². The van der Waals surface area contributed by atoms with Crippen molar-refractivity contribution in [2.45, 2.75) is 13.2 Å². The molecule has 0 aliphatic rings. The summed E-state index contributed by atoms with van der Waals surface area (Å²) in [6, 6.07) is 0. The molecule has 0 saturated carbocycles. The number of aliphatic hydroxyl groups excluding tert-OH is 1. The standard InChI is InChI=1S/C7H11N2O.NO3/c1-3-8-4-5-9(6-8)7(2)10;2-1(3)4/h3-7,10H,1H2,2H3;/q+1;-1. The first-order valence-electron chi connectivity index (χ1n) is 3.67. The monoisotopic (exact) mass is 201 g/mol. The van der Waals surface area contributed by atoms with E-state index in [1.165, 1.54) is 0 Å². The Bertz CT molecular complexity index is 304. The maximum atomic E-state index is 9.05. The summed E-state index contributed by atoms with van der Waals surface area (Å²) in [5.41, 5.74) is 0. The zero-order chi connectivity index (χ0) is 11.1. The predicted molar refractivity (Wildman–Crippen MR) is 48.3 cm³/mol. The Kier molecular flexibility index (Phi) is 4.93. The van der Waals surface area contributed by atoms with E-state index in [0.29, 0.717) is 0 Å². The summed E-state index contributed by atoms with van der Waals surface area (Å²) >= 11 is 0. The maximum Gasteiger partial charge on any atom is 0.250 e. The van der Waals surface area contributed by atoms with E-state index in [1.807, 2.05) is 6.20 Å². The number of nitrogens with zero attached hydrogens (tertiary/aromatic N) is 3. The Balaban J connectivity index is 0.000000364. The number of aromatic nitrogens is 2. The van der Waals surface area contributed by atoms with Gasteiger partial charge in [-0.1, -0.05) is 6.58 Å². The van der Waals surface area contributed by atoms with Gasteiger partial charge in [-0.05, 0) is 0 Å². The lowest BCUT2D eigenvalue weighted by Crippen LogP contribution is -2.34. The number of imidazole rings is 1. The third kappa shape index (κ3) is 4.88. The third-order valence-corrected chi connectivity index (χ3v) is 1.32. The molecule has 0 aromatic carbocycles. The van der Waals surface area contributed by atoms with Crippen LogP contribution in [0, 0.1) is 15.3 Å². The van der Waals surface area contributed by atoms with Crippen molar-refractivity contribution in [3.05, 3.63) is 40.6 Å². The van der Waals surface area contributed by atoms with Gasteiger partial charge in [0.05, 0.1) is 11.3 Å². The van der Waals surface area contributed by atoms with Crippen molar-refractivity contribution in [2.24, 2.45) is 0 Å². The first kappa shape index (κ1) is 12.1. The lowest BCUT2D eigenvalue weighted by atomic mass is 10.6. The zero-order valence-corrected chi connectivity index (χ0v) is 7.61. The molecule has 7 nitrogen and oxygen atoms in total. The molecule has 0 radical (unpaired) electrons. The molecule has 1 unspecified atom stereocenters. The van der Waals surface area contributed by atoms with Gasteiger partial charge >= 0.3 is 0 Å². The second-order valence-electron chi connectivity index (χ2n) is 2.35. The molecular formula is C7H11N3O4. The minimum Gasteiger partial charge on any atom is -0.356 e. The first-order chi connectivity index (χ1) is 6.47. The fraction of sp³-hybridized carbons (Fsp3) is 0.286. The van der Waals surface area contributed by atoms with Gasteiger partial charge in [0.2, 0.25) is 0 Å². The maximum absolute atomic E-state index is 9.05. The van der Waals surface area contributed by atoms with Crippen LogP contribution in [0.3, 0.4) is 0 Å². The fourth-order valence-electron chi connectivity index (χ4n) is 0.714. The molecule has 0 spiro atoms. The van der Waals surface area contributed by atoms with E-state index >= 15 is 0 Å². The molecule has 0 fully saturated rings. The number of rotatable bonds is 2. The summed E-state index contributed by atoms with van der Waals surface area (Å²) in [5, 5.41) is 23.8. The highest BCUT2D eigenvalue weighted by atomic mass is 16.9. The van der Waals surface area contributed by atoms with Crippen LogP contribution in [0.2, 0.25) is 0 Å². The van der Waals surface area contributed by atoms with E-state index in [1.54, 1.807) is 34.8 Å². The summed E-state index contributed by atoms with van der Waals surface area (Å²) < 4.78 is 3.45. The second-order valence-corrected chi connectivity index (χ2v) is 2.35. The van der Waals surface area contributed by atoms with Gasteiger partial charge in [0.25, 0.3) is 6.33 Å². The molecule has 1 heterocycles. The van der Waals surface area contributed by atoms with E-state index in [0.717, 1.165) is 0 Å². The lowest BCUT2D eigenvalue weighted by molar-refractivity contribution is -0.755. The van der Waals surface area contributed by atoms with Crippen molar-refractivity contribution in [1.29, 1.82) is 0 Å². The highest BCUT2D eigenvalue weighted by Crippen LogP contribution is 1.88. The number of aliphatic hydroxyl groups is 1. The van der Waals surface area contributed by atoms with Crippen molar-refractivity contribution in [3.63, 3.8) is 0 Å². The predicted octanol–water partition coefficient (Wildman–Crippen LogP) is 0.148. The quantitative estimate of drug-likeness (QED) is 0.418. The zero-order valence-electron chi connectivity index (χ0n) is 7.61. The summed E-state index contributed by atoms with van der Waals surface area (Å²) in [7, 11) is 0. The van der Waals surface area contributed by atoms with Crippen LogP contribution in [0.25, 0.3) is 6.20 Å². The average Bonchev–Trinajstić information content (AvgIpc) is 2.50. The van der Waals surface area contributed by atoms with Crippen LogP contribution in [0.1, 0.15) is 13.2 Å². The Morgan fingerprint density at radius 3 is 2.43 bits per heavy atom. The van der Waals surface area contributed by atoms with Gasteiger partial charge in [0.1, 0.15) is 12.4 Å². The SMILES string of the molecule is C=Cn1cc[n+](C(C)O)c1.O=[N+]([O-])[O-]. The van der Waals surface area contributed by atoms with Crippen molar-refractivity contribution in [2.75, 3.05) is 0 Å². The van der Waals surface area contributed by atoms with Gasteiger partial charge in [0.15, 0.2) is 6.23 Å². The molecule has 0 aliphatic carbocycles. The van der Waals surface area contributed by atoms with E-state index in [2.05, 4.69) is 6.58 Å². The Labute approximate surface area is 80.3 Å². The Hall–Kier alpha value is -1.89. The molecule has 1 atom stereocenters. The van der Waals surface area contributed by atoms with Crippen LogP contribution in [-0.2, 0) is 0 Å². The van der Waals surface area contributed by atoms with Crippen molar-refractivity contribution in [1.82, 2.24) is 4.57 Å². The van der Waals surface area contributed by atoms with E-state index < -0.39 is 11.3 Å². The molecule has 1 aromatic heterocycles. The van der Waals surface area contributed by atoms with Gasteiger partial charge in [-0.25, -0.2) is 9.13 Å². The Morgan fingerprint density at radius 2 is 2.21 bits per heavy atom. The Morgan fingerprint density at radius 1 is 1.71 bits per heavy atom. The molecule has 7 heteroatoms. The van der Waals surface area contributed by atoms with E-state index in [4.69, 9.17) is 20.4 Å². The van der Waals surface area contributed by atoms with Gasteiger partial charge in [0, 0.05) is 6.92 Å². The minimum absolute atomic E-state index is 0.471. The normalized spacial score (nSPS) is 11.0. The topological polar surface area (TPSA) is 95.2 Å². The summed E-state index contributed by atoms with van der Waals surface area (Å²) in [4.78, 5) is 8.25. The van der Waals surface area contributed by atoms with Gasteiger partial charge < -0.3 is 20.4 Å². The molecule has 0 aliphatic heterocycles. The summed E-state index contributed by atoms with van der Waals surface area (Å²) in [6.45, 7) is 5.27. The van der Waals surface area contributed by atoms with Crippen LogP contribution < -0.4 is 4.57 Å². The molecule has 1 rings (SSSR count). The van der Waals surface area contributed by atoms with Crippen LogP contribution in [0.5, 0.6) is 0 Å². The molecule has 1 N–H and O–H groups in total. The highest BCUT2D eigenvalue weighted by Gasteiger charge is 2.04. The average molecular weight is 201 g/mol. The summed E-state index contributed by atoms with van der Waals surface area (Å²) in [5.74, 6) is 0. The van der Waals surface area contributed by atoms with Crippen LogP contribution in [0.4, 0.5) is 0 Å². The van der Waals surface area contributed by atoms with Crippen molar-refractivity contribution in [3.8, 4) is 0 Å². The van der Waals surface area contributed by atoms with Crippen LogP contribution in [0.15, 0.2) is 25.3 Å². The third-order valence-electron chi connectivity index (χ3n) is 1.32. The van der Waals surface area contributed by atoms with Crippen LogP contribution in [-0.4, -0.2) is 14.8 Å². The molecule has 0 saturated heterocycles. The van der Waals surface area contributed by atoms with Gasteiger partial charge in [-0.3, -0.25) is 0 Å². The van der Waals surface area contributed by atoms with Crippen molar-refractivity contribution < 1.29 is 14.8 Å². The first-order valence-corrected chi connectivity index (χ1v) is 3.67. The fourth-order valence-corrected chi connectivity index (χ4v) is 0.714. The summed E-state index contributed by atoms with van der Waals surface area (Å²) in [6.07, 6.45) is 6.56. The number of hydrogen-bond acceptors (Lipinski definition) is 4. The molecule has 14 heavy (non-hydrogen) atoms. The van der Waals surface area contributed by atoms with Crippen LogP contribution >= 0.6 is 0 Å². The van der Waals surface area contributed by atoms with E-state index in [9.17, 15) is 0 Å². The largest absolute Gasteiger partial charge is 0.356 e. The molecule has 1 aromatic rings. The molecule has 0 amide bonds. The van der Waals surface area contributed by atoms with E-state index in [-0.39, 0.29) is 0 Å². The van der Waals surface area contributed by atoms with Gasteiger partial charge in [-0.15, -0.1) is 0 Å². The lowest BCUT2D eigenvalue weighted by Gasteiger charge is -1.94. The second kappa shape index (κ2) is 5.70. The molecular weight excluding hydrogens is 190 g/mol. The highest BCUT2D eigenvalue weighted by molar-refractivity contribution is 5.12. The molecule has 78 valence electrons. The molecule has 0 bridgehead atoms. The smallest absolute Gasteiger partial charge is 0.250 e. The van der Waals surface area contributed by atoms with Crippen molar-refractivity contribution >= 4 is 6.20 Å². The minimum atomic E-state index is -1.75.